The lowest BCUT2D eigenvalue weighted by molar-refractivity contribution is 0.0808. The second-order valence-electron chi connectivity index (χ2n) is 17.5. The van der Waals surface area contributed by atoms with Crippen LogP contribution in [-0.2, 0) is 10.2 Å². The summed E-state index contributed by atoms with van der Waals surface area (Å²) in [6.07, 6.45) is 43.1. The third kappa shape index (κ3) is 4.70. The first-order valence-electron chi connectivity index (χ1n) is 21.2. The van der Waals surface area contributed by atoms with Crippen LogP contribution < -0.4 is 0 Å². The van der Waals surface area contributed by atoms with E-state index in [0.717, 1.165) is 19.3 Å². The summed E-state index contributed by atoms with van der Waals surface area (Å²) in [6.45, 7) is 0. The number of allylic oxidation sites excluding steroid dienone is 13. The molecule has 1 saturated heterocycles. The zero-order valence-corrected chi connectivity index (χ0v) is 31.5. The van der Waals surface area contributed by atoms with Gasteiger partial charge in [-0.3, -0.25) is 0 Å². The SMILES string of the molecule is C1=CC2OC3C=CCCC3C2C(N(C2=CCC3CCC=CC3=C2)C2=CC3C(C=C2)c2ccc(-c4ccccc4)cc2C32c3ccccc3C3CCC=CC32)=C1. The van der Waals surface area contributed by atoms with Crippen LogP contribution in [0.25, 0.3) is 11.1 Å². The largest absolute Gasteiger partial charge is 0.366 e. The molecular weight excluding hydrogens is 667 g/mol. The van der Waals surface area contributed by atoms with Crippen LogP contribution in [0.3, 0.4) is 0 Å². The molecule has 10 unspecified atom stereocenters. The molecule has 10 atom stereocenters. The molecule has 2 heteroatoms. The van der Waals surface area contributed by atoms with Crippen molar-refractivity contribution in [2.45, 2.75) is 74.4 Å². The first kappa shape index (κ1) is 32.3. The van der Waals surface area contributed by atoms with Gasteiger partial charge in [0, 0.05) is 46.2 Å². The van der Waals surface area contributed by atoms with Gasteiger partial charge in [-0.1, -0.05) is 134 Å². The lowest BCUT2D eigenvalue weighted by Gasteiger charge is -2.44. The molecule has 0 saturated carbocycles. The van der Waals surface area contributed by atoms with Crippen molar-refractivity contribution in [2.75, 3.05) is 0 Å². The summed E-state index contributed by atoms with van der Waals surface area (Å²) in [5.41, 5.74) is 14.2. The zero-order chi connectivity index (χ0) is 36.1. The quantitative estimate of drug-likeness (QED) is 0.249. The summed E-state index contributed by atoms with van der Waals surface area (Å²) >= 11 is 0. The zero-order valence-electron chi connectivity index (χ0n) is 31.5. The Kier molecular flexibility index (Phi) is 7.38. The standard InChI is InChI=1S/C53H49NO/c1-2-13-34(14-3-1)37-26-29-42-43-30-28-39(33-48(43)53(47(42)32-37)45-20-9-6-17-40(45)41-18-7-10-21-46(41)53)54(38-27-25-35-15-4-5-16-36(35)31-38)49-22-12-24-51-52(49)44-19-8-11-23-50(44)55-51/h1-3,5-6,9-14,16-17,20-24,26-33,35,41,43-44,46,48,50-52H,4,7-8,15,18-19,25H2. The van der Waals surface area contributed by atoms with Crippen LogP contribution in [0.5, 0.6) is 0 Å². The molecule has 0 amide bonds. The van der Waals surface area contributed by atoms with E-state index >= 15 is 0 Å². The molecule has 1 fully saturated rings. The number of hydrogen-bond donors (Lipinski definition) is 0. The molecule has 8 aliphatic carbocycles. The summed E-state index contributed by atoms with van der Waals surface area (Å²) in [4.78, 5) is 2.70. The first-order chi connectivity index (χ1) is 27.3. The maximum absolute atomic E-state index is 6.81. The Hall–Kier alpha value is -4.92. The number of ether oxygens (including phenoxy) is 1. The van der Waals surface area contributed by atoms with E-state index in [1.807, 2.05) is 0 Å². The number of rotatable bonds is 4. The summed E-state index contributed by atoms with van der Waals surface area (Å²) < 4.78 is 6.81. The highest BCUT2D eigenvalue weighted by atomic mass is 16.5. The van der Waals surface area contributed by atoms with Crippen LogP contribution in [0, 0.1) is 29.6 Å². The van der Waals surface area contributed by atoms with Crippen LogP contribution >= 0.6 is 0 Å². The molecule has 1 spiro atoms. The average molecular weight is 716 g/mol. The van der Waals surface area contributed by atoms with Gasteiger partial charge in [0.2, 0.25) is 0 Å². The van der Waals surface area contributed by atoms with E-state index < -0.39 is 0 Å². The van der Waals surface area contributed by atoms with E-state index in [1.54, 1.807) is 16.7 Å². The van der Waals surface area contributed by atoms with Crippen molar-refractivity contribution in [3.8, 4) is 11.1 Å². The van der Waals surface area contributed by atoms with Crippen molar-refractivity contribution >= 4 is 0 Å². The van der Waals surface area contributed by atoms with Gasteiger partial charge >= 0.3 is 0 Å². The Morgan fingerprint density at radius 2 is 1.55 bits per heavy atom. The van der Waals surface area contributed by atoms with Crippen LogP contribution in [0.2, 0.25) is 0 Å². The minimum atomic E-state index is -0.152. The molecule has 0 bridgehead atoms. The normalized spacial score (nSPS) is 35.4. The van der Waals surface area contributed by atoms with Gasteiger partial charge in [-0.2, -0.15) is 0 Å². The minimum absolute atomic E-state index is 0.105. The van der Waals surface area contributed by atoms with E-state index in [2.05, 4.69) is 163 Å². The first-order valence-corrected chi connectivity index (χ1v) is 21.2. The Labute approximate surface area is 326 Å². The second kappa shape index (κ2) is 12.6. The molecule has 0 aromatic heterocycles. The third-order valence-corrected chi connectivity index (χ3v) is 15.1. The van der Waals surface area contributed by atoms with Gasteiger partial charge < -0.3 is 9.64 Å². The molecule has 3 aromatic carbocycles. The summed E-state index contributed by atoms with van der Waals surface area (Å²) in [5.74, 6) is 2.99. The maximum atomic E-state index is 6.81. The molecule has 3 aromatic rings. The molecule has 9 aliphatic rings. The average Bonchev–Trinajstić information content (AvgIpc) is 3.88. The van der Waals surface area contributed by atoms with E-state index in [1.165, 1.54) is 65.0 Å². The smallest absolute Gasteiger partial charge is 0.0853 e. The summed E-state index contributed by atoms with van der Waals surface area (Å²) in [6, 6.07) is 28.1. The molecule has 55 heavy (non-hydrogen) atoms. The second-order valence-corrected chi connectivity index (χ2v) is 17.5. The Morgan fingerprint density at radius 1 is 0.673 bits per heavy atom. The molecule has 0 radical (unpaired) electrons. The molecule has 1 heterocycles. The molecule has 2 nitrogen and oxygen atoms in total. The lowest BCUT2D eigenvalue weighted by Crippen LogP contribution is -2.40. The van der Waals surface area contributed by atoms with Crippen molar-refractivity contribution in [3.05, 3.63) is 203 Å². The predicted molar refractivity (Wildman–Crippen MR) is 223 cm³/mol. The van der Waals surface area contributed by atoms with Crippen molar-refractivity contribution in [3.63, 3.8) is 0 Å². The number of hydrogen-bond acceptors (Lipinski definition) is 2. The number of benzene rings is 3. The van der Waals surface area contributed by atoms with Gasteiger partial charge in [-0.15, -0.1) is 0 Å². The van der Waals surface area contributed by atoms with E-state index in [0.29, 0.717) is 35.5 Å². The van der Waals surface area contributed by atoms with Crippen LogP contribution in [0.1, 0.15) is 79.0 Å². The molecular formula is C53H49NO. The van der Waals surface area contributed by atoms with E-state index in [-0.39, 0.29) is 23.5 Å². The molecule has 272 valence electrons. The fourth-order valence-corrected chi connectivity index (χ4v) is 12.8. The summed E-state index contributed by atoms with van der Waals surface area (Å²) in [5, 5.41) is 0. The molecule has 0 N–H and O–H groups in total. The van der Waals surface area contributed by atoms with Gasteiger partial charge in [-0.05, 0) is 126 Å². The highest BCUT2D eigenvalue weighted by molar-refractivity contribution is 5.71. The number of fused-ring (bicyclic) bond motifs is 14. The van der Waals surface area contributed by atoms with E-state index in [9.17, 15) is 0 Å². The topological polar surface area (TPSA) is 12.5 Å². The van der Waals surface area contributed by atoms with Gasteiger partial charge in [0.05, 0.1) is 12.2 Å². The Bertz CT molecular complexity index is 2360. The highest BCUT2D eigenvalue weighted by Crippen LogP contribution is 2.68. The molecule has 1 aliphatic heterocycles. The van der Waals surface area contributed by atoms with Crippen molar-refractivity contribution < 1.29 is 4.74 Å². The van der Waals surface area contributed by atoms with Crippen molar-refractivity contribution in [1.29, 1.82) is 0 Å². The minimum Gasteiger partial charge on any atom is -0.366 e. The number of nitrogens with zero attached hydrogens (tertiary/aromatic N) is 1. The monoisotopic (exact) mass is 715 g/mol. The van der Waals surface area contributed by atoms with Gasteiger partial charge in [-0.25, -0.2) is 0 Å². The van der Waals surface area contributed by atoms with Crippen molar-refractivity contribution in [1.82, 2.24) is 4.90 Å². The van der Waals surface area contributed by atoms with E-state index in [4.69, 9.17) is 4.74 Å². The lowest BCUT2D eigenvalue weighted by atomic mass is 9.60. The highest BCUT2D eigenvalue weighted by Gasteiger charge is 2.62. The Morgan fingerprint density at radius 3 is 2.51 bits per heavy atom. The fraction of sp³-hybridized carbons (Fsp3) is 0.321. The van der Waals surface area contributed by atoms with Gasteiger partial charge in [0.1, 0.15) is 0 Å². The summed E-state index contributed by atoms with van der Waals surface area (Å²) in [7, 11) is 0. The third-order valence-electron chi connectivity index (χ3n) is 15.1. The predicted octanol–water partition coefficient (Wildman–Crippen LogP) is 12.2. The van der Waals surface area contributed by atoms with Crippen molar-refractivity contribution in [2.24, 2.45) is 29.6 Å². The van der Waals surface area contributed by atoms with Crippen LogP contribution in [-0.4, -0.2) is 17.1 Å². The molecule has 12 rings (SSSR count). The van der Waals surface area contributed by atoms with Gasteiger partial charge in [0.25, 0.3) is 0 Å². The fourth-order valence-electron chi connectivity index (χ4n) is 12.8. The van der Waals surface area contributed by atoms with Crippen LogP contribution in [0.4, 0.5) is 0 Å². The van der Waals surface area contributed by atoms with Gasteiger partial charge in [0.15, 0.2) is 0 Å². The Balaban J connectivity index is 1.06. The van der Waals surface area contributed by atoms with Crippen LogP contribution in [0.15, 0.2) is 181 Å². The maximum Gasteiger partial charge on any atom is 0.0853 e.